The number of carbonyl (C=O) groups is 1. The van der Waals surface area contributed by atoms with Crippen molar-refractivity contribution in [1.29, 1.82) is 0 Å². The summed E-state index contributed by atoms with van der Waals surface area (Å²) in [6.07, 6.45) is 3.41. The van der Waals surface area contributed by atoms with Crippen LogP contribution in [-0.2, 0) is 16.0 Å². The zero-order chi connectivity index (χ0) is 17.3. The monoisotopic (exact) mass is 336 g/mol. The number of hydrogen-bond donors (Lipinski definition) is 1. The van der Waals surface area contributed by atoms with Crippen LogP contribution in [0.5, 0.6) is 0 Å². The molecule has 1 spiro atoms. The minimum absolute atomic E-state index is 0.131. The van der Waals surface area contributed by atoms with Crippen LogP contribution < -0.4 is 0 Å². The van der Waals surface area contributed by atoms with Gasteiger partial charge in [-0.2, -0.15) is 0 Å². The lowest BCUT2D eigenvalue weighted by Crippen LogP contribution is -2.62. The summed E-state index contributed by atoms with van der Waals surface area (Å²) in [5.41, 5.74) is 1.78. The normalized spacial score (nSPS) is 25.8. The van der Waals surface area contributed by atoms with Crippen LogP contribution in [0.1, 0.15) is 49.6 Å². The lowest BCUT2D eigenvalue weighted by atomic mass is 9.58. The third-order valence-corrected chi connectivity index (χ3v) is 5.93. The van der Waals surface area contributed by atoms with Gasteiger partial charge in [0.1, 0.15) is 5.76 Å². The van der Waals surface area contributed by atoms with Crippen LogP contribution in [0.4, 0.5) is 0 Å². The van der Waals surface area contributed by atoms with Crippen molar-refractivity contribution < 1.29 is 19.2 Å². The zero-order valence-electron chi connectivity index (χ0n) is 14.9. The average molecular weight is 336 g/mol. The number of piperidine rings is 1. The molecule has 2 heterocycles. The smallest absolute Gasteiger partial charge is 0.222 e. The molecule has 1 aromatic heterocycles. The number of aromatic nitrogens is 1. The molecule has 6 heteroatoms. The van der Waals surface area contributed by atoms with E-state index in [9.17, 15) is 9.90 Å². The Balaban J connectivity index is 1.52. The van der Waals surface area contributed by atoms with E-state index < -0.39 is 0 Å². The van der Waals surface area contributed by atoms with Gasteiger partial charge < -0.3 is 19.3 Å². The van der Waals surface area contributed by atoms with Gasteiger partial charge in [0, 0.05) is 43.5 Å². The number of aryl methyl sites for hydroxylation is 2. The lowest BCUT2D eigenvalue weighted by molar-refractivity contribution is -0.210. The van der Waals surface area contributed by atoms with E-state index >= 15 is 0 Å². The van der Waals surface area contributed by atoms with Gasteiger partial charge in [-0.3, -0.25) is 4.79 Å². The van der Waals surface area contributed by atoms with E-state index in [2.05, 4.69) is 5.16 Å². The van der Waals surface area contributed by atoms with Crippen LogP contribution in [0.3, 0.4) is 0 Å². The average Bonchev–Trinajstić information content (AvgIpc) is 2.91. The molecular formula is C18H28N2O4. The molecule has 6 nitrogen and oxygen atoms in total. The summed E-state index contributed by atoms with van der Waals surface area (Å²) in [5, 5.41) is 14.2. The molecule has 3 rings (SSSR count). The van der Waals surface area contributed by atoms with E-state index in [-0.39, 0.29) is 23.5 Å². The highest BCUT2D eigenvalue weighted by Crippen LogP contribution is 2.50. The fraction of sp³-hybridized carbons (Fsp3) is 0.778. The Kier molecular flexibility index (Phi) is 4.97. The summed E-state index contributed by atoms with van der Waals surface area (Å²) in [6, 6.07) is 0. The van der Waals surface area contributed by atoms with Crippen molar-refractivity contribution in [2.24, 2.45) is 5.41 Å². The number of rotatable bonds is 5. The molecule has 2 fully saturated rings. The minimum atomic E-state index is -0.284. The first-order valence-electron chi connectivity index (χ1n) is 8.97. The van der Waals surface area contributed by atoms with Crippen molar-refractivity contribution in [3.63, 3.8) is 0 Å². The summed E-state index contributed by atoms with van der Waals surface area (Å²) >= 11 is 0. The highest BCUT2D eigenvalue weighted by Gasteiger charge is 2.56. The number of hydrogen-bond acceptors (Lipinski definition) is 5. The Morgan fingerprint density at radius 2 is 2.12 bits per heavy atom. The number of amides is 1. The Morgan fingerprint density at radius 1 is 1.42 bits per heavy atom. The second-order valence-electron chi connectivity index (χ2n) is 7.11. The van der Waals surface area contributed by atoms with Gasteiger partial charge in [0.2, 0.25) is 5.91 Å². The molecule has 1 saturated heterocycles. The molecule has 1 N–H and O–H groups in total. The number of aliphatic hydroxyl groups is 1. The van der Waals surface area contributed by atoms with Gasteiger partial charge in [-0.1, -0.05) is 5.16 Å². The molecule has 1 aliphatic heterocycles. The van der Waals surface area contributed by atoms with E-state index in [0.29, 0.717) is 32.5 Å². The standard InChI is InChI=1S/C18H28N2O4/c1-4-23-16-11-15(21)18(16)7-9-20(10-8-18)17(22)6-5-14-12(2)19-24-13(14)3/h15-16,21H,4-11H2,1-3H3/t15-,16+/m0/s1. The van der Waals surface area contributed by atoms with Crippen molar-refractivity contribution in [1.82, 2.24) is 10.1 Å². The van der Waals surface area contributed by atoms with Crippen molar-refractivity contribution in [3.8, 4) is 0 Å². The quantitative estimate of drug-likeness (QED) is 0.890. The molecule has 24 heavy (non-hydrogen) atoms. The Morgan fingerprint density at radius 3 is 2.67 bits per heavy atom. The summed E-state index contributed by atoms with van der Waals surface area (Å²) in [7, 11) is 0. The molecule has 1 aliphatic carbocycles. The maximum absolute atomic E-state index is 12.5. The molecular weight excluding hydrogens is 308 g/mol. The van der Waals surface area contributed by atoms with E-state index in [1.54, 1.807) is 0 Å². The SMILES string of the molecule is CCO[C@@H]1C[C@H](O)C12CCN(C(=O)CCc1c(C)noc1C)CC2. The lowest BCUT2D eigenvalue weighted by Gasteiger charge is -2.56. The minimum Gasteiger partial charge on any atom is -0.392 e. The zero-order valence-corrected chi connectivity index (χ0v) is 14.9. The summed E-state index contributed by atoms with van der Waals surface area (Å²) in [4.78, 5) is 14.4. The van der Waals surface area contributed by atoms with E-state index in [1.807, 2.05) is 25.7 Å². The first kappa shape index (κ1) is 17.4. The van der Waals surface area contributed by atoms with Crippen LogP contribution in [0, 0.1) is 19.3 Å². The number of nitrogens with zero attached hydrogens (tertiary/aromatic N) is 2. The van der Waals surface area contributed by atoms with Gasteiger partial charge in [-0.15, -0.1) is 0 Å². The summed E-state index contributed by atoms with van der Waals surface area (Å²) in [6.45, 7) is 7.89. The van der Waals surface area contributed by atoms with Gasteiger partial charge >= 0.3 is 0 Å². The van der Waals surface area contributed by atoms with Crippen molar-refractivity contribution in [2.75, 3.05) is 19.7 Å². The van der Waals surface area contributed by atoms with Crippen LogP contribution in [0.25, 0.3) is 0 Å². The second kappa shape index (κ2) is 6.84. The Labute approximate surface area is 143 Å². The van der Waals surface area contributed by atoms with Gasteiger partial charge in [0.15, 0.2) is 0 Å². The predicted octanol–water partition coefficient (Wildman–Crippen LogP) is 2.00. The molecule has 1 saturated carbocycles. The number of carbonyl (C=O) groups excluding carboxylic acids is 1. The van der Waals surface area contributed by atoms with E-state index in [0.717, 1.165) is 36.3 Å². The number of aliphatic hydroxyl groups excluding tert-OH is 1. The highest BCUT2D eigenvalue weighted by molar-refractivity contribution is 5.76. The maximum Gasteiger partial charge on any atom is 0.222 e. The van der Waals surface area contributed by atoms with Crippen molar-refractivity contribution >= 4 is 5.91 Å². The molecule has 134 valence electrons. The van der Waals surface area contributed by atoms with Crippen molar-refractivity contribution in [3.05, 3.63) is 17.0 Å². The number of ether oxygens (including phenoxy) is 1. The molecule has 2 aliphatic rings. The van der Waals surface area contributed by atoms with Gasteiger partial charge in [-0.25, -0.2) is 0 Å². The second-order valence-corrected chi connectivity index (χ2v) is 7.11. The first-order valence-corrected chi connectivity index (χ1v) is 8.97. The molecule has 2 atom stereocenters. The van der Waals surface area contributed by atoms with Crippen molar-refractivity contribution in [2.45, 2.75) is 65.1 Å². The van der Waals surface area contributed by atoms with Gasteiger partial charge in [-0.05, 0) is 40.0 Å². The largest absolute Gasteiger partial charge is 0.392 e. The topological polar surface area (TPSA) is 75.8 Å². The molecule has 1 amide bonds. The highest BCUT2D eigenvalue weighted by atomic mass is 16.5. The Bertz CT molecular complexity index is 568. The summed E-state index contributed by atoms with van der Waals surface area (Å²) < 4.78 is 10.9. The molecule has 0 bridgehead atoms. The van der Waals surface area contributed by atoms with Crippen LogP contribution in [0.15, 0.2) is 4.52 Å². The van der Waals surface area contributed by atoms with Gasteiger partial charge in [0.25, 0.3) is 0 Å². The molecule has 0 aromatic carbocycles. The summed E-state index contributed by atoms with van der Waals surface area (Å²) in [5.74, 6) is 0.974. The van der Waals surface area contributed by atoms with Crippen LogP contribution in [-0.4, -0.2) is 53.0 Å². The van der Waals surface area contributed by atoms with Gasteiger partial charge in [0.05, 0.1) is 17.9 Å². The molecule has 0 radical (unpaired) electrons. The van der Waals surface area contributed by atoms with E-state index in [1.165, 1.54) is 0 Å². The molecule has 1 aromatic rings. The number of likely N-dealkylation sites (tertiary alicyclic amines) is 1. The van der Waals surface area contributed by atoms with Crippen LogP contribution >= 0.6 is 0 Å². The Hall–Kier alpha value is -1.40. The first-order chi connectivity index (χ1) is 11.5. The predicted molar refractivity (Wildman–Crippen MR) is 88.6 cm³/mol. The third kappa shape index (κ3) is 2.97. The van der Waals surface area contributed by atoms with E-state index in [4.69, 9.17) is 9.26 Å². The fourth-order valence-electron chi connectivity index (χ4n) is 4.24. The maximum atomic E-state index is 12.5. The fourth-order valence-corrected chi connectivity index (χ4v) is 4.24. The molecule has 0 unspecified atom stereocenters. The van der Waals surface area contributed by atoms with Crippen LogP contribution in [0.2, 0.25) is 0 Å². The third-order valence-electron chi connectivity index (χ3n) is 5.93.